The minimum atomic E-state index is -0.413. The zero-order valence-electron chi connectivity index (χ0n) is 20.3. The molecule has 0 aromatic heterocycles. The van der Waals surface area contributed by atoms with Crippen molar-refractivity contribution >= 4 is 0 Å². The molecule has 0 spiro atoms. The van der Waals surface area contributed by atoms with E-state index in [9.17, 15) is 5.11 Å². The first-order valence-electron chi connectivity index (χ1n) is 13.6. The Kier molecular flexibility index (Phi) is 8.85. The van der Waals surface area contributed by atoms with Gasteiger partial charge in [-0.3, -0.25) is 4.90 Å². The average Bonchev–Trinajstić information content (AvgIpc) is 2.80. The molecule has 1 aromatic carbocycles. The minimum Gasteiger partial charge on any atom is -0.513 e. The molecule has 0 aliphatic heterocycles. The van der Waals surface area contributed by atoms with Crippen LogP contribution in [0.25, 0.3) is 0 Å². The Hall–Kier alpha value is -1.42. The van der Waals surface area contributed by atoms with Crippen LogP contribution in [0.4, 0.5) is 8.78 Å². The second-order valence-electron chi connectivity index (χ2n) is 11.2. The van der Waals surface area contributed by atoms with Crippen molar-refractivity contribution in [3.63, 3.8) is 0 Å². The van der Waals surface area contributed by atoms with E-state index in [4.69, 9.17) is 0 Å². The topological polar surface area (TPSA) is 23.5 Å². The number of benzene rings is 1. The maximum atomic E-state index is 15.1. The quantitative estimate of drug-likeness (QED) is 0.397. The van der Waals surface area contributed by atoms with Gasteiger partial charge in [-0.15, -0.1) is 0 Å². The van der Waals surface area contributed by atoms with Gasteiger partial charge in [-0.2, -0.15) is 0 Å². The van der Waals surface area contributed by atoms with Crippen molar-refractivity contribution in [3.8, 4) is 0 Å². The highest BCUT2D eigenvalue weighted by molar-refractivity contribution is 5.26. The summed E-state index contributed by atoms with van der Waals surface area (Å²) in [4.78, 5) is 2.67. The number of hydrogen-bond acceptors (Lipinski definition) is 2. The van der Waals surface area contributed by atoms with Gasteiger partial charge in [0, 0.05) is 37.0 Å². The van der Waals surface area contributed by atoms with Gasteiger partial charge >= 0.3 is 0 Å². The number of allylic oxidation sites excluding steroid dienone is 1. The van der Waals surface area contributed by atoms with Crippen molar-refractivity contribution in [1.29, 1.82) is 0 Å². The summed E-state index contributed by atoms with van der Waals surface area (Å²) in [6, 6.07) is 4.47. The van der Waals surface area contributed by atoms with Crippen molar-refractivity contribution < 1.29 is 13.9 Å². The van der Waals surface area contributed by atoms with Gasteiger partial charge in [-0.1, -0.05) is 51.2 Å². The molecule has 0 saturated heterocycles. The van der Waals surface area contributed by atoms with Crippen LogP contribution in [0, 0.1) is 29.4 Å². The molecule has 4 heteroatoms. The zero-order chi connectivity index (χ0) is 23.2. The lowest BCUT2D eigenvalue weighted by atomic mass is 9.72. The predicted molar refractivity (Wildman–Crippen MR) is 131 cm³/mol. The average molecular weight is 460 g/mol. The second-order valence-corrected chi connectivity index (χ2v) is 11.2. The summed E-state index contributed by atoms with van der Waals surface area (Å²) in [5.41, 5.74) is 0.271. The van der Waals surface area contributed by atoms with Gasteiger partial charge in [0.05, 0.1) is 5.76 Å². The van der Waals surface area contributed by atoms with Gasteiger partial charge in [-0.05, 0) is 74.8 Å². The molecule has 0 amide bonds. The highest BCUT2D eigenvalue weighted by Gasteiger charge is 2.39. The molecule has 33 heavy (non-hydrogen) atoms. The van der Waals surface area contributed by atoms with Crippen molar-refractivity contribution in [1.82, 2.24) is 4.90 Å². The number of nitrogens with zero attached hydrogens (tertiary/aromatic N) is 1. The number of aliphatic hydroxyl groups excluding tert-OH is 1. The summed E-state index contributed by atoms with van der Waals surface area (Å²) < 4.78 is 30.1. The Morgan fingerprint density at radius 1 is 0.818 bits per heavy atom. The Bertz CT molecular complexity index is 729. The van der Waals surface area contributed by atoms with Crippen LogP contribution in [0.2, 0.25) is 0 Å². The Morgan fingerprint density at radius 2 is 1.36 bits per heavy atom. The molecule has 3 fully saturated rings. The van der Waals surface area contributed by atoms with Gasteiger partial charge in [0.25, 0.3) is 0 Å². The lowest BCUT2D eigenvalue weighted by Crippen LogP contribution is -2.48. The van der Waals surface area contributed by atoms with Crippen molar-refractivity contribution in [3.05, 3.63) is 47.7 Å². The van der Waals surface area contributed by atoms with Crippen LogP contribution in [-0.2, 0) is 0 Å². The van der Waals surface area contributed by atoms with Gasteiger partial charge in [-0.25, -0.2) is 8.78 Å². The lowest BCUT2D eigenvalue weighted by Gasteiger charge is -2.46. The summed E-state index contributed by atoms with van der Waals surface area (Å²) in [5, 5.41) is 9.83. The maximum Gasteiger partial charge on any atom is 0.129 e. The third kappa shape index (κ3) is 6.59. The number of rotatable bonds is 8. The molecule has 4 rings (SSSR count). The van der Waals surface area contributed by atoms with E-state index in [-0.39, 0.29) is 29.2 Å². The van der Waals surface area contributed by atoms with E-state index in [0.29, 0.717) is 24.7 Å². The molecular weight excluding hydrogens is 416 g/mol. The molecule has 3 atom stereocenters. The molecule has 0 bridgehead atoms. The molecule has 0 heterocycles. The minimum absolute atomic E-state index is 0.170. The first-order valence-corrected chi connectivity index (χ1v) is 13.6. The van der Waals surface area contributed by atoms with Crippen LogP contribution in [0.15, 0.2) is 30.5 Å². The first-order chi connectivity index (χ1) is 16.0. The van der Waals surface area contributed by atoms with Crippen LogP contribution in [0.3, 0.4) is 0 Å². The van der Waals surface area contributed by atoms with E-state index < -0.39 is 11.6 Å². The molecule has 0 unspecified atom stereocenters. The SMILES string of the molecule is C=C(O)C[C@@H]1CC[C@@H](N(CC2CCCCC2)CC2CCCCC2)[C@H](c2c(F)cccc2F)C1. The van der Waals surface area contributed by atoms with Crippen molar-refractivity contribution in [2.24, 2.45) is 17.8 Å². The third-order valence-electron chi connectivity index (χ3n) is 8.72. The second kappa shape index (κ2) is 11.8. The summed E-state index contributed by atoms with van der Waals surface area (Å²) in [7, 11) is 0. The van der Waals surface area contributed by atoms with Crippen molar-refractivity contribution in [2.75, 3.05) is 13.1 Å². The fourth-order valence-electron chi connectivity index (χ4n) is 7.12. The van der Waals surface area contributed by atoms with E-state index in [1.54, 1.807) is 0 Å². The molecule has 3 saturated carbocycles. The Labute approximate surface area is 199 Å². The Morgan fingerprint density at radius 3 is 1.88 bits per heavy atom. The smallest absolute Gasteiger partial charge is 0.129 e. The van der Waals surface area contributed by atoms with Gasteiger partial charge in [0.2, 0.25) is 0 Å². The molecule has 3 aliphatic carbocycles. The molecule has 3 aliphatic rings. The van der Waals surface area contributed by atoms with Crippen LogP contribution < -0.4 is 0 Å². The van der Waals surface area contributed by atoms with E-state index in [0.717, 1.165) is 25.9 Å². The van der Waals surface area contributed by atoms with Crippen LogP contribution in [-0.4, -0.2) is 29.1 Å². The number of aliphatic hydroxyl groups is 1. The fraction of sp³-hybridized carbons (Fsp3) is 0.724. The monoisotopic (exact) mass is 459 g/mol. The van der Waals surface area contributed by atoms with Gasteiger partial charge in [0.15, 0.2) is 0 Å². The molecule has 1 N–H and O–H groups in total. The molecule has 1 aromatic rings. The normalized spacial score (nSPS) is 27.7. The summed E-state index contributed by atoms with van der Waals surface area (Å²) >= 11 is 0. The van der Waals surface area contributed by atoms with E-state index in [2.05, 4.69) is 11.5 Å². The Balaban J connectivity index is 1.61. The summed E-state index contributed by atoms with van der Waals surface area (Å²) in [5.74, 6) is 0.845. The van der Waals surface area contributed by atoms with Crippen LogP contribution >= 0.6 is 0 Å². The van der Waals surface area contributed by atoms with Crippen LogP contribution in [0.5, 0.6) is 0 Å². The van der Waals surface area contributed by atoms with E-state index in [1.807, 2.05) is 0 Å². The standard InChI is InChI=1S/C29H43F2NO/c1-21(33)17-24-15-16-28(25(18-24)29-26(30)13-8-14-27(29)31)32(19-22-9-4-2-5-10-22)20-23-11-6-3-7-12-23/h8,13-14,22-25,28,33H,1-7,9-12,15-20H2/t24-,25+,28+/m0/s1. The largest absolute Gasteiger partial charge is 0.513 e. The van der Waals surface area contributed by atoms with Gasteiger partial charge in [0.1, 0.15) is 11.6 Å². The van der Waals surface area contributed by atoms with Crippen LogP contribution in [0.1, 0.15) is 101 Å². The van der Waals surface area contributed by atoms with Crippen molar-refractivity contribution in [2.45, 2.75) is 102 Å². The molecular formula is C29H43F2NO. The molecule has 184 valence electrons. The summed E-state index contributed by atoms with van der Waals surface area (Å²) in [6.45, 7) is 5.84. The first kappa shape index (κ1) is 24.7. The highest BCUT2D eigenvalue weighted by Crippen LogP contribution is 2.44. The van der Waals surface area contributed by atoms with Gasteiger partial charge < -0.3 is 5.11 Å². The number of halogens is 2. The summed E-state index contributed by atoms with van der Waals surface area (Å²) in [6.07, 6.45) is 16.3. The van der Waals surface area contributed by atoms with E-state index >= 15 is 8.78 Å². The highest BCUT2D eigenvalue weighted by atomic mass is 19.1. The van der Waals surface area contributed by atoms with E-state index in [1.165, 1.54) is 82.4 Å². The maximum absolute atomic E-state index is 15.1. The third-order valence-corrected chi connectivity index (χ3v) is 8.72. The molecule has 2 nitrogen and oxygen atoms in total. The zero-order valence-corrected chi connectivity index (χ0v) is 20.3. The lowest BCUT2D eigenvalue weighted by molar-refractivity contribution is 0.0649. The fourth-order valence-corrected chi connectivity index (χ4v) is 7.12. The molecule has 0 radical (unpaired) electrons. The predicted octanol–water partition coefficient (Wildman–Crippen LogP) is 8.14. The number of hydrogen-bond donors (Lipinski definition) is 1.